The van der Waals surface area contributed by atoms with E-state index in [0.717, 1.165) is 0 Å². The van der Waals surface area contributed by atoms with Crippen LogP contribution >= 0.6 is 11.8 Å². The molecule has 20 heavy (non-hydrogen) atoms. The third-order valence-electron chi connectivity index (χ3n) is 2.64. The van der Waals surface area contributed by atoms with Crippen LogP contribution in [0.5, 0.6) is 5.75 Å². The molecule has 0 fully saturated rings. The second kappa shape index (κ2) is 8.47. The number of hydrogen-bond donors (Lipinski definition) is 1. The van der Waals surface area contributed by atoms with Crippen molar-refractivity contribution in [3.63, 3.8) is 0 Å². The molecule has 0 radical (unpaired) electrons. The summed E-state index contributed by atoms with van der Waals surface area (Å²) in [7, 11) is 2.91. The van der Waals surface area contributed by atoms with E-state index < -0.39 is 0 Å². The van der Waals surface area contributed by atoms with Gasteiger partial charge in [0.15, 0.2) is 0 Å². The molecule has 0 aliphatic rings. The van der Waals surface area contributed by atoms with E-state index in [9.17, 15) is 9.59 Å². The smallest absolute Gasteiger partial charge is 0.306 e. The van der Waals surface area contributed by atoms with Crippen molar-refractivity contribution in [3.05, 3.63) is 24.3 Å². The molecule has 6 heteroatoms. The number of ether oxygens (including phenoxy) is 2. The summed E-state index contributed by atoms with van der Waals surface area (Å²) in [5, 5.41) is 2.55. The van der Waals surface area contributed by atoms with Gasteiger partial charge in [-0.15, -0.1) is 11.8 Å². The van der Waals surface area contributed by atoms with Gasteiger partial charge in [0.2, 0.25) is 5.91 Å². The highest BCUT2D eigenvalue weighted by Crippen LogP contribution is 2.24. The summed E-state index contributed by atoms with van der Waals surface area (Å²) < 4.78 is 9.72. The molecule has 1 aromatic rings. The molecule has 5 nitrogen and oxygen atoms in total. The van der Waals surface area contributed by atoms with Crippen LogP contribution in [0.15, 0.2) is 24.3 Å². The summed E-state index contributed by atoms with van der Waals surface area (Å²) in [6.07, 6.45) is 0.299. The fraction of sp³-hybridized carbons (Fsp3) is 0.429. The lowest BCUT2D eigenvalue weighted by Gasteiger charge is -2.13. The van der Waals surface area contributed by atoms with Gasteiger partial charge < -0.3 is 14.8 Å². The third kappa shape index (κ3) is 5.13. The van der Waals surface area contributed by atoms with Gasteiger partial charge in [-0.3, -0.25) is 9.59 Å². The zero-order valence-electron chi connectivity index (χ0n) is 11.8. The average molecular weight is 297 g/mol. The topological polar surface area (TPSA) is 64.6 Å². The minimum absolute atomic E-state index is 0.121. The maximum atomic E-state index is 12.0. The van der Waals surface area contributed by atoms with E-state index in [1.165, 1.54) is 18.9 Å². The van der Waals surface area contributed by atoms with Gasteiger partial charge in [0, 0.05) is 5.75 Å². The van der Waals surface area contributed by atoms with Gasteiger partial charge in [0.1, 0.15) is 5.75 Å². The van der Waals surface area contributed by atoms with Gasteiger partial charge in [0.25, 0.3) is 0 Å². The molecular formula is C14H19NO4S. The molecule has 1 atom stereocenters. The number of anilines is 1. The minimum Gasteiger partial charge on any atom is -0.495 e. The van der Waals surface area contributed by atoms with Gasteiger partial charge in [0.05, 0.1) is 31.6 Å². The monoisotopic (exact) mass is 297 g/mol. The molecule has 0 saturated carbocycles. The zero-order chi connectivity index (χ0) is 15.0. The Balaban J connectivity index is 2.47. The lowest BCUT2D eigenvalue weighted by molar-refractivity contribution is -0.140. The van der Waals surface area contributed by atoms with Crippen LogP contribution in [0.25, 0.3) is 0 Å². The van der Waals surface area contributed by atoms with Gasteiger partial charge in [-0.25, -0.2) is 0 Å². The van der Waals surface area contributed by atoms with Crippen molar-refractivity contribution in [3.8, 4) is 5.75 Å². The Morgan fingerprint density at radius 1 is 1.30 bits per heavy atom. The number of rotatable bonds is 7. The molecule has 0 aliphatic heterocycles. The molecule has 0 aliphatic carbocycles. The number of carbonyl (C=O) groups excluding carboxylic acids is 2. The highest BCUT2D eigenvalue weighted by Gasteiger charge is 2.15. The first-order valence-corrected chi connectivity index (χ1v) is 7.25. The molecule has 0 unspecified atom stereocenters. The Morgan fingerprint density at radius 3 is 2.65 bits per heavy atom. The van der Waals surface area contributed by atoms with Crippen LogP contribution in [0.3, 0.4) is 0 Å². The van der Waals surface area contributed by atoms with Gasteiger partial charge in [-0.2, -0.15) is 0 Å². The molecule has 0 bridgehead atoms. The summed E-state index contributed by atoms with van der Waals surface area (Å²) >= 11 is 1.41. The molecule has 1 N–H and O–H groups in total. The number of nitrogens with one attached hydrogen (secondary N) is 1. The number of para-hydroxylation sites is 2. The van der Waals surface area contributed by atoms with Gasteiger partial charge in [-0.05, 0) is 19.1 Å². The van der Waals surface area contributed by atoms with E-state index in [0.29, 0.717) is 23.6 Å². The average Bonchev–Trinajstić information content (AvgIpc) is 2.47. The second-order valence-corrected chi connectivity index (χ2v) is 5.48. The normalized spacial score (nSPS) is 11.6. The highest BCUT2D eigenvalue weighted by atomic mass is 32.2. The van der Waals surface area contributed by atoms with Crippen molar-refractivity contribution in [2.75, 3.05) is 25.3 Å². The molecule has 0 heterocycles. The van der Waals surface area contributed by atoms with E-state index in [2.05, 4.69) is 10.1 Å². The first kappa shape index (κ1) is 16.4. The van der Waals surface area contributed by atoms with E-state index in [-0.39, 0.29) is 17.1 Å². The predicted molar refractivity (Wildman–Crippen MR) is 80.2 cm³/mol. The Morgan fingerprint density at radius 2 is 2.00 bits per heavy atom. The zero-order valence-corrected chi connectivity index (χ0v) is 12.7. The van der Waals surface area contributed by atoms with Crippen LogP contribution in [0.2, 0.25) is 0 Å². The summed E-state index contributed by atoms with van der Waals surface area (Å²) in [6.45, 7) is 1.80. The van der Waals surface area contributed by atoms with Crippen molar-refractivity contribution in [2.45, 2.75) is 18.6 Å². The second-order valence-electron chi connectivity index (χ2n) is 4.03. The largest absolute Gasteiger partial charge is 0.495 e. The van der Waals surface area contributed by atoms with E-state index in [1.54, 1.807) is 26.2 Å². The van der Waals surface area contributed by atoms with Crippen molar-refractivity contribution in [1.82, 2.24) is 0 Å². The van der Waals surface area contributed by atoms with Crippen LogP contribution in [0.1, 0.15) is 13.3 Å². The summed E-state index contributed by atoms with van der Waals surface area (Å²) in [5.74, 6) is 0.777. The van der Waals surface area contributed by atoms with E-state index in [4.69, 9.17) is 4.74 Å². The number of carbonyl (C=O) groups is 2. The first-order valence-electron chi connectivity index (χ1n) is 6.20. The van der Waals surface area contributed by atoms with Crippen LogP contribution in [0.4, 0.5) is 5.69 Å². The molecular weight excluding hydrogens is 278 g/mol. The standard InChI is InChI=1S/C14H19NO4S/c1-10(20-9-8-13(16)19-3)14(17)15-11-6-4-5-7-12(11)18-2/h4-7,10H,8-9H2,1-3H3,(H,15,17)/t10-/m0/s1. The molecule has 110 valence electrons. The van der Waals surface area contributed by atoms with Crippen molar-refractivity contribution < 1.29 is 19.1 Å². The first-order chi connectivity index (χ1) is 9.58. The number of methoxy groups -OCH3 is 2. The van der Waals surface area contributed by atoms with E-state index >= 15 is 0 Å². The Labute approximate surface area is 123 Å². The minimum atomic E-state index is -0.269. The summed E-state index contributed by atoms with van der Waals surface area (Å²) in [4.78, 5) is 23.0. The van der Waals surface area contributed by atoms with Crippen LogP contribution in [-0.4, -0.2) is 37.1 Å². The number of thioether (sulfide) groups is 1. The number of benzene rings is 1. The van der Waals surface area contributed by atoms with Crippen LogP contribution in [-0.2, 0) is 14.3 Å². The molecule has 1 rings (SSSR count). The van der Waals surface area contributed by atoms with Gasteiger partial charge in [-0.1, -0.05) is 12.1 Å². The molecule has 0 saturated heterocycles. The fourth-order valence-corrected chi connectivity index (χ4v) is 2.33. The van der Waals surface area contributed by atoms with Gasteiger partial charge >= 0.3 is 5.97 Å². The Kier molecular flexibility index (Phi) is 6.93. The van der Waals surface area contributed by atoms with Crippen molar-refractivity contribution >= 4 is 29.3 Å². The lowest BCUT2D eigenvalue weighted by Crippen LogP contribution is -2.23. The molecule has 1 amide bonds. The summed E-state index contributed by atoms with van der Waals surface area (Å²) in [6, 6.07) is 7.23. The maximum absolute atomic E-state index is 12.0. The van der Waals surface area contributed by atoms with Crippen molar-refractivity contribution in [1.29, 1.82) is 0 Å². The summed E-state index contributed by atoms with van der Waals surface area (Å²) in [5.41, 5.74) is 0.639. The number of hydrogen-bond acceptors (Lipinski definition) is 5. The van der Waals surface area contributed by atoms with Crippen LogP contribution in [0, 0.1) is 0 Å². The lowest BCUT2D eigenvalue weighted by atomic mass is 10.3. The number of amides is 1. The molecule has 1 aromatic carbocycles. The highest BCUT2D eigenvalue weighted by molar-refractivity contribution is 8.00. The SMILES string of the molecule is COC(=O)CCS[C@@H](C)C(=O)Nc1ccccc1OC. The van der Waals surface area contributed by atoms with E-state index in [1.807, 2.05) is 12.1 Å². The number of esters is 1. The van der Waals surface area contributed by atoms with Crippen LogP contribution < -0.4 is 10.1 Å². The predicted octanol–water partition coefficient (Wildman–Crippen LogP) is 2.32. The Hall–Kier alpha value is -1.69. The Bertz CT molecular complexity index is 464. The molecule has 0 aromatic heterocycles. The van der Waals surface area contributed by atoms with Crippen molar-refractivity contribution in [2.24, 2.45) is 0 Å². The quantitative estimate of drug-likeness (QED) is 0.782. The fourth-order valence-electron chi connectivity index (χ4n) is 1.48. The third-order valence-corrected chi connectivity index (χ3v) is 3.79. The molecule has 0 spiro atoms. The maximum Gasteiger partial charge on any atom is 0.306 e.